The van der Waals surface area contributed by atoms with Crippen LogP contribution in [0.4, 0.5) is 0 Å². The molecule has 0 unspecified atom stereocenters. The molecule has 0 aromatic rings. The van der Waals surface area contributed by atoms with Crippen molar-refractivity contribution < 1.29 is 19.4 Å². The smallest absolute Gasteiger partial charge is 0.402 e. The quantitative estimate of drug-likeness (QED) is 0.342. The Morgan fingerprint density at radius 1 is 1.71 bits per heavy atom. The molecule has 0 atom stereocenters. The molecule has 0 fully saturated rings. The monoisotopic (exact) mass is 106 g/mol. The molecule has 0 saturated carbocycles. The summed E-state index contributed by atoms with van der Waals surface area (Å²) < 4.78 is 8.24. The van der Waals surface area contributed by atoms with Gasteiger partial charge in [-0.2, -0.15) is 0 Å². The average molecular weight is 106 g/mol. The second-order valence-corrected chi connectivity index (χ2v) is 0.839. The fourth-order valence-corrected chi connectivity index (χ4v) is 0.132. The van der Waals surface area contributed by atoms with Crippen molar-refractivity contribution in [3.05, 3.63) is 0 Å². The van der Waals surface area contributed by atoms with E-state index in [2.05, 4.69) is 9.31 Å². The molecule has 0 aliphatic heterocycles. The van der Waals surface area contributed by atoms with Crippen LogP contribution in [0, 0.1) is 0 Å². The van der Waals surface area contributed by atoms with Crippen molar-refractivity contribution in [2.24, 2.45) is 0 Å². The molecule has 0 radical (unpaired) electrons. The van der Waals surface area contributed by atoms with Gasteiger partial charge in [0.2, 0.25) is 0 Å². The minimum absolute atomic E-state index is 0.533. The third kappa shape index (κ3) is 3.74. The van der Waals surface area contributed by atoms with Gasteiger partial charge in [-0.05, 0) is 0 Å². The van der Waals surface area contributed by atoms with Crippen molar-refractivity contribution in [3.63, 3.8) is 0 Å². The lowest BCUT2D eigenvalue weighted by Gasteiger charge is -1.98. The normalized spacial score (nSPS) is 9.00. The van der Waals surface area contributed by atoms with Crippen LogP contribution in [-0.2, 0) is 9.31 Å². The molecule has 2 N–H and O–H groups in total. The standard InChI is InChI=1S/C2H7BO4/c1-6-3(5)7-2-4/h4-5H,2H2,1H3. The van der Waals surface area contributed by atoms with Crippen LogP contribution in [0.2, 0.25) is 0 Å². The lowest BCUT2D eigenvalue weighted by atomic mass is 10.3. The van der Waals surface area contributed by atoms with Gasteiger partial charge in [-0.3, -0.25) is 0 Å². The first-order valence-electron chi connectivity index (χ1n) is 1.74. The maximum absolute atomic E-state index is 8.25. The van der Waals surface area contributed by atoms with Crippen molar-refractivity contribution in [2.75, 3.05) is 13.9 Å². The van der Waals surface area contributed by atoms with Gasteiger partial charge in [0.25, 0.3) is 0 Å². The van der Waals surface area contributed by atoms with Crippen LogP contribution >= 0.6 is 0 Å². The zero-order chi connectivity index (χ0) is 5.70. The Morgan fingerprint density at radius 3 is 2.43 bits per heavy atom. The SMILES string of the molecule is COB(O)OCO. The van der Waals surface area contributed by atoms with E-state index in [1.807, 2.05) is 0 Å². The van der Waals surface area contributed by atoms with Gasteiger partial charge in [0, 0.05) is 7.11 Å². The Kier molecular flexibility index (Phi) is 4.02. The summed E-state index contributed by atoms with van der Waals surface area (Å²) in [6.45, 7) is -0.533. The Balaban J connectivity index is 2.83. The van der Waals surface area contributed by atoms with Gasteiger partial charge >= 0.3 is 7.32 Å². The van der Waals surface area contributed by atoms with Crippen molar-refractivity contribution in [2.45, 2.75) is 0 Å². The van der Waals surface area contributed by atoms with Gasteiger partial charge in [0.1, 0.15) is 6.79 Å². The van der Waals surface area contributed by atoms with Gasteiger partial charge in [0.15, 0.2) is 0 Å². The molecule has 0 aromatic heterocycles. The molecule has 0 rings (SSSR count). The van der Waals surface area contributed by atoms with E-state index < -0.39 is 14.1 Å². The Labute approximate surface area is 41.8 Å². The van der Waals surface area contributed by atoms with Crippen molar-refractivity contribution in [3.8, 4) is 0 Å². The largest absolute Gasteiger partial charge is 0.638 e. The van der Waals surface area contributed by atoms with E-state index in [1.54, 1.807) is 0 Å². The van der Waals surface area contributed by atoms with Crippen LogP contribution < -0.4 is 0 Å². The summed E-state index contributed by atoms with van der Waals surface area (Å²) in [7, 11) is -0.0367. The highest BCUT2D eigenvalue weighted by Gasteiger charge is 2.09. The predicted octanol–water partition coefficient (Wildman–Crippen LogP) is -1.42. The lowest BCUT2D eigenvalue weighted by Crippen LogP contribution is -2.20. The summed E-state index contributed by atoms with van der Waals surface area (Å²) in [5, 5.41) is 16.2. The van der Waals surface area contributed by atoms with Crippen molar-refractivity contribution in [1.82, 2.24) is 0 Å². The third-order valence-electron chi connectivity index (χ3n) is 0.419. The highest BCUT2D eigenvalue weighted by molar-refractivity contribution is 6.34. The maximum Gasteiger partial charge on any atom is 0.638 e. The first-order chi connectivity index (χ1) is 3.31. The van der Waals surface area contributed by atoms with E-state index in [9.17, 15) is 0 Å². The number of aliphatic hydroxyl groups excluding tert-OH is 1. The van der Waals surface area contributed by atoms with E-state index in [4.69, 9.17) is 10.1 Å². The summed E-state index contributed by atoms with van der Waals surface area (Å²) in [6, 6.07) is 0. The van der Waals surface area contributed by atoms with E-state index in [-0.39, 0.29) is 0 Å². The Bertz CT molecular complexity index is 40.7. The van der Waals surface area contributed by atoms with Crippen LogP contribution in [0.15, 0.2) is 0 Å². The molecule has 0 spiro atoms. The van der Waals surface area contributed by atoms with Gasteiger partial charge in [0.05, 0.1) is 0 Å². The number of aliphatic hydroxyl groups is 1. The Hall–Kier alpha value is -0.0951. The average Bonchev–Trinajstić information content (AvgIpc) is 1.68. The molecule has 7 heavy (non-hydrogen) atoms. The van der Waals surface area contributed by atoms with Gasteiger partial charge in [-0.15, -0.1) is 0 Å². The first-order valence-corrected chi connectivity index (χ1v) is 1.74. The molecule has 0 aliphatic rings. The molecule has 0 saturated heterocycles. The predicted molar refractivity (Wildman–Crippen MR) is 23.2 cm³/mol. The van der Waals surface area contributed by atoms with Gasteiger partial charge in [-0.25, -0.2) is 0 Å². The molecule has 42 valence electrons. The summed E-state index contributed by atoms with van der Waals surface area (Å²) in [6.07, 6.45) is 0. The van der Waals surface area contributed by atoms with Gasteiger partial charge < -0.3 is 19.4 Å². The fraction of sp³-hybridized carbons (Fsp3) is 1.00. The lowest BCUT2D eigenvalue weighted by molar-refractivity contribution is 0.0453. The maximum atomic E-state index is 8.25. The summed E-state index contributed by atoms with van der Waals surface area (Å²) >= 11 is 0. The van der Waals surface area contributed by atoms with E-state index in [0.717, 1.165) is 0 Å². The molecule has 0 heterocycles. The first kappa shape index (κ1) is 6.90. The van der Waals surface area contributed by atoms with Crippen LogP contribution in [-0.4, -0.2) is 31.4 Å². The molecule has 0 aromatic carbocycles. The molecular weight excluding hydrogens is 98.8 g/mol. The number of rotatable bonds is 3. The zero-order valence-electron chi connectivity index (χ0n) is 4.00. The molecule has 4 nitrogen and oxygen atoms in total. The van der Waals surface area contributed by atoms with Crippen molar-refractivity contribution >= 4 is 7.32 Å². The Morgan fingerprint density at radius 2 is 2.29 bits per heavy atom. The fourth-order valence-electron chi connectivity index (χ4n) is 0.132. The highest BCUT2D eigenvalue weighted by atomic mass is 16.7. The minimum atomic E-state index is -1.30. The minimum Gasteiger partial charge on any atom is -0.402 e. The van der Waals surface area contributed by atoms with Gasteiger partial charge in [-0.1, -0.05) is 0 Å². The van der Waals surface area contributed by atoms with E-state index >= 15 is 0 Å². The zero-order valence-corrected chi connectivity index (χ0v) is 4.00. The van der Waals surface area contributed by atoms with E-state index in [0.29, 0.717) is 0 Å². The van der Waals surface area contributed by atoms with Crippen LogP contribution in [0.25, 0.3) is 0 Å². The summed E-state index contributed by atoms with van der Waals surface area (Å²) in [5.74, 6) is 0. The molecule has 0 bridgehead atoms. The molecular formula is C2H7BO4. The second kappa shape index (κ2) is 4.07. The van der Waals surface area contributed by atoms with Crippen LogP contribution in [0.3, 0.4) is 0 Å². The highest BCUT2D eigenvalue weighted by Crippen LogP contribution is 1.76. The van der Waals surface area contributed by atoms with Crippen LogP contribution in [0.1, 0.15) is 0 Å². The topological polar surface area (TPSA) is 58.9 Å². The number of hydrogen-bond acceptors (Lipinski definition) is 4. The third-order valence-corrected chi connectivity index (χ3v) is 0.419. The van der Waals surface area contributed by atoms with E-state index in [1.165, 1.54) is 7.11 Å². The summed E-state index contributed by atoms with van der Waals surface area (Å²) in [5.41, 5.74) is 0. The van der Waals surface area contributed by atoms with Crippen LogP contribution in [0.5, 0.6) is 0 Å². The molecule has 5 heteroatoms. The number of hydrogen-bond donors (Lipinski definition) is 2. The molecule has 0 aliphatic carbocycles. The molecule has 0 amide bonds. The summed E-state index contributed by atoms with van der Waals surface area (Å²) in [4.78, 5) is 0. The second-order valence-electron chi connectivity index (χ2n) is 0.839. The van der Waals surface area contributed by atoms with Crippen molar-refractivity contribution in [1.29, 1.82) is 0 Å².